The normalized spacial score (nSPS) is 14.2. The van der Waals surface area contributed by atoms with Crippen molar-refractivity contribution in [1.82, 2.24) is 4.98 Å². The van der Waals surface area contributed by atoms with Gasteiger partial charge in [-0.25, -0.2) is 4.98 Å². The van der Waals surface area contributed by atoms with Gasteiger partial charge in [-0.1, -0.05) is 22.0 Å². The summed E-state index contributed by atoms with van der Waals surface area (Å²) in [4.78, 5) is 3.30. The maximum atomic E-state index is 12.2. The highest BCUT2D eigenvalue weighted by Gasteiger charge is 2.32. The Kier molecular flexibility index (Phi) is 2.95. The van der Waals surface area contributed by atoms with Gasteiger partial charge >= 0.3 is 6.18 Å². The summed E-state index contributed by atoms with van der Waals surface area (Å²) in [6.07, 6.45) is -4.36. The predicted octanol–water partition coefficient (Wildman–Crippen LogP) is 3.56. The van der Waals surface area contributed by atoms with E-state index in [0.717, 1.165) is 6.07 Å². The van der Waals surface area contributed by atoms with E-state index in [1.54, 1.807) is 13.0 Å². The fraction of sp³-hybridized carbons (Fsp3) is 0.375. The number of nitrogens with zero attached hydrogens (tertiary/aromatic N) is 1. The summed E-state index contributed by atoms with van der Waals surface area (Å²) in [6.45, 7) is 1.72. The molecule has 0 saturated carbocycles. The van der Waals surface area contributed by atoms with Gasteiger partial charge in [-0.2, -0.15) is 13.2 Å². The van der Waals surface area contributed by atoms with Crippen LogP contribution in [0.5, 0.6) is 0 Å². The van der Waals surface area contributed by atoms with Crippen molar-refractivity contribution >= 4 is 15.9 Å². The Bertz CT molecular complexity index is 296. The van der Waals surface area contributed by atoms with E-state index in [1.165, 1.54) is 6.07 Å². The quantitative estimate of drug-likeness (QED) is 0.698. The van der Waals surface area contributed by atoms with Gasteiger partial charge in [0.25, 0.3) is 0 Å². The number of rotatable bonds is 1. The Balaban J connectivity index is 3.06. The molecular weight excluding hydrogens is 247 g/mol. The van der Waals surface area contributed by atoms with Gasteiger partial charge < -0.3 is 0 Å². The summed E-state index contributed by atoms with van der Waals surface area (Å²) in [5.41, 5.74) is -0.467. The van der Waals surface area contributed by atoms with Crippen molar-refractivity contribution < 1.29 is 13.2 Å². The van der Waals surface area contributed by atoms with Crippen molar-refractivity contribution in [3.8, 4) is 0 Å². The molecule has 0 aliphatic carbocycles. The third-order valence-corrected chi connectivity index (χ3v) is 1.94. The molecule has 0 N–H and O–H groups in total. The predicted molar refractivity (Wildman–Crippen MR) is 46.6 cm³/mol. The van der Waals surface area contributed by atoms with Crippen LogP contribution >= 0.6 is 15.9 Å². The molecule has 0 aromatic carbocycles. The van der Waals surface area contributed by atoms with Crippen molar-refractivity contribution in [1.29, 1.82) is 0 Å². The fourth-order valence-corrected chi connectivity index (χ4v) is 1.09. The zero-order valence-electron chi connectivity index (χ0n) is 6.77. The van der Waals surface area contributed by atoms with Crippen molar-refractivity contribution in [3.05, 3.63) is 29.6 Å². The molecule has 5 heteroatoms. The summed E-state index contributed by atoms with van der Waals surface area (Å²) in [5, 5.41) is 0. The number of pyridine rings is 1. The van der Waals surface area contributed by atoms with Crippen LogP contribution in [0.3, 0.4) is 0 Å². The van der Waals surface area contributed by atoms with Crippen LogP contribution < -0.4 is 0 Å². The average Bonchev–Trinajstić information content (AvgIpc) is 2.03. The van der Waals surface area contributed by atoms with Gasteiger partial charge in [-0.05, 0) is 19.1 Å². The summed E-state index contributed by atoms with van der Waals surface area (Å²) in [7, 11) is 0. The lowest BCUT2D eigenvalue weighted by Gasteiger charge is -2.08. The summed E-state index contributed by atoms with van der Waals surface area (Å²) in [6, 6.07) is 3.86. The van der Waals surface area contributed by atoms with Gasteiger partial charge in [0.15, 0.2) is 0 Å². The Labute approximate surface area is 82.1 Å². The van der Waals surface area contributed by atoms with Crippen LogP contribution in [-0.2, 0) is 6.18 Å². The van der Waals surface area contributed by atoms with Gasteiger partial charge in [0.2, 0.25) is 0 Å². The van der Waals surface area contributed by atoms with E-state index >= 15 is 0 Å². The molecule has 1 aromatic heterocycles. The van der Waals surface area contributed by atoms with Crippen LogP contribution in [0, 0.1) is 0 Å². The van der Waals surface area contributed by atoms with Crippen LogP contribution in [-0.4, -0.2) is 4.98 Å². The second-order valence-corrected chi connectivity index (χ2v) is 3.93. The molecule has 1 atom stereocenters. The first kappa shape index (κ1) is 10.5. The minimum atomic E-state index is -4.36. The monoisotopic (exact) mass is 253 g/mol. The molecule has 0 amide bonds. The first-order chi connectivity index (χ1) is 5.91. The van der Waals surface area contributed by atoms with Crippen LogP contribution in [0.2, 0.25) is 0 Å². The minimum absolute atomic E-state index is 0.171. The number of halogens is 4. The molecular formula is C8H7BrF3N. The van der Waals surface area contributed by atoms with Crippen molar-refractivity contribution in [2.24, 2.45) is 0 Å². The molecule has 72 valence electrons. The first-order valence-corrected chi connectivity index (χ1v) is 4.51. The second-order valence-electron chi connectivity index (χ2n) is 2.56. The third-order valence-electron chi connectivity index (χ3n) is 1.47. The maximum absolute atomic E-state index is 12.2. The zero-order valence-corrected chi connectivity index (χ0v) is 8.35. The summed E-state index contributed by atoms with van der Waals surface area (Å²) < 4.78 is 36.5. The van der Waals surface area contributed by atoms with Crippen molar-refractivity contribution in [3.63, 3.8) is 0 Å². The molecule has 0 aliphatic rings. The Morgan fingerprint density at radius 2 is 2.00 bits per heavy atom. The molecule has 13 heavy (non-hydrogen) atoms. The van der Waals surface area contributed by atoms with E-state index in [4.69, 9.17) is 0 Å². The molecule has 0 aliphatic heterocycles. The second kappa shape index (κ2) is 3.65. The maximum Gasteiger partial charge on any atom is 0.433 e. The van der Waals surface area contributed by atoms with E-state index < -0.39 is 11.9 Å². The molecule has 0 radical (unpaired) electrons. The zero-order chi connectivity index (χ0) is 10.1. The average molecular weight is 254 g/mol. The van der Waals surface area contributed by atoms with Gasteiger partial charge in [0.05, 0.1) is 10.5 Å². The summed E-state index contributed by atoms with van der Waals surface area (Å²) in [5.74, 6) is 0. The molecule has 1 aromatic rings. The summed E-state index contributed by atoms with van der Waals surface area (Å²) >= 11 is 3.15. The van der Waals surface area contributed by atoms with Gasteiger partial charge in [-0.3, -0.25) is 0 Å². The number of alkyl halides is 4. The molecule has 0 saturated heterocycles. The largest absolute Gasteiger partial charge is 0.433 e. The van der Waals surface area contributed by atoms with E-state index in [9.17, 15) is 13.2 Å². The molecule has 0 fully saturated rings. The van der Waals surface area contributed by atoms with Crippen LogP contribution in [0.4, 0.5) is 13.2 Å². The Morgan fingerprint density at radius 3 is 2.46 bits per heavy atom. The van der Waals surface area contributed by atoms with Gasteiger partial charge in [0, 0.05) is 0 Å². The highest BCUT2D eigenvalue weighted by atomic mass is 79.9. The van der Waals surface area contributed by atoms with E-state index in [-0.39, 0.29) is 4.83 Å². The number of hydrogen-bond donors (Lipinski definition) is 0. The number of hydrogen-bond acceptors (Lipinski definition) is 1. The standard InChI is InChI=1S/C8H7BrF3N/c1-5(9)6-3-2-4-7(13-6)8(10,11)12/h2-5H,1H3. The minimum Gasteiger partial charge on any atom is -0.247 e. The highest BCUT2D eigenvalue weighted by Crippen LogP contribution is 2.29. The molecule has 0 spiro atoms. The van der Waals surface area contributed by atoms with Gasteiger partial charge in [0.1, 0.15) is 5.69 Å². The smallest absolute Gasteiger partial charge is 0.247 e. The molecule has 1 nitrogen and oxygen atoms in total. The first-order valence-electron chi connectivity index (χ1n) is 3.59. The topological polar surface area (TPSA) is 12.9 Å². The third kappa shape index (κ3) is 2.69. The SMILES string of the molecule is CC(Br)c1cccc(C(F)(F)F)n1. The van der Waals surface area contributed by atoms with Crippen LogP contribution in [0.15, 0.2) is 18.2 Å². The van der Waals surface area contributed by atoms with E-state index in [1.807, 2.05) is 0 Å². The van der Waals surface area contributed by atoms with Crippen molar-refractivity contribution in [2.75, 3.05) is 0 Å². The van der Waals surface area contributed by atoms with Crippen LogP contribution in [0.25, 0.3) is 0 Å². The Morgan fingerprint density at radius 1 is 1.38 bits per heavy atom. The Hall–Kier alpha value is -0.580. The van der Waals surface area contributed by atoms with Crippen molar-refractivity contribution in [2.45, 2.75) is 17.9 Å². The number of aromatic nitrogens is 1. The lowest BCUT2D eigenvalue weighted by Crippen LogP contribution is -2.09. The lowest BCUT2D eigenvalue weighted by molar-refractivity contribution is -0.141. The molecule has 0 bridgehead atoms. The van der Waals surface area contributed by atoms with Crippen LogP contribution in [0.1, 0.15) is 23.1 Å². The van der Waals surface area contributed by atoms with E-state index in [0.29, 0.717) is 5.69 Å². The van der Waals surface area contributed by atoms with Gasteiger partial charge in [-0.15, -0.1) is 0 Å². The molecule has 1 heterocycles. The fourth-order valence-electron chi connectivity index (χ4n) is 0.831. The lowest BCUT2D eigenvalue weighted by atomic mass is 10.2. The molecule has 1 unspecified atom stereocenters. The van der Waals surface area contributed by atoms with E-state index in [2.05, 4.69) is 20.9 Å². The molecule has 1 rings (SSSR count). The highest BCUT2D eigenvalue weighted by molar-refractivity contribution is 9.09.